The lowest BCUT2D eigenvalue weighted by molar-refractivity contribution is 0.297. The Kier molecular flexibility index (Phi) is 2.69. The lowest BCUT2D eigenvalue weighted by Crippen LogP contribution is -1.97. The smallest absolute Gasteiger partial charge is 0.163 e. The molecule has 0 aliphatic carbocycles. The van der Waals surface area contributed by atoms with Gasteiger partial charge in [-0.3, -0.25) is 4.98 Å². The van der Waals surface area contributed by atoms with E-state index in [0.29, 0.717) is 46.2 Å². The third kappa shape index (κ3) is 1.73. The van der Waals surface area contributed by atoms with Gasteiger partial charge in [-0.15, -0.1) is 0 Å². The van der Waals surface area contributed by atoms with Crippen LogP contribution < -0.4 is 9.47 Å². The normalized spacial score (nSPS) is 14.0. The molecule has 0 spiro atoms. The number of fused-ring (bicyclic) bond motifs is 2. The van der Waals surface area contributed by atoms with Gasteiger partial charge in [0.15, 0.2) is 11.5 Å². The zero-order valence-corrected chi connectivity index (χ0v) is 10.2. The third-order valence-corrected chi connectivity index (χ3v) is 3.20. The average molecular weight is 261 g/mol. The lowest BCUT2D eigenvalue weighted by atomic mass is 10.1. The maximum absolute atomic E-state index is 8.93. The first-order chi connectivity index (χ1) is 8.79. The highest BCUT2D eigenvalue weighted by atomic mass is 35.5. The van der Waals surface area contributed by atoms with E-state index in [1.165, 1.54) is 6.20 Å². The van der Waals surface area contributed by atoms with Crippen LogP contribution in [0.1, 0.15) is 12.0 Å². The molecule has 4 nitrogen and oxygen atoms in total. The first kappa shape index (κ1) is 11.1. The van der Waals surface area contributed by atoms with Crippen molar-refractivity contribution in [2.45, 2.75) is 6.42 Å². The van der Waals surface area contributed by atoms with Gasteiger partial charge >= 0.3 is 0 Å². The summed E-state index contributed by atoms with van der Waals surface area (Å²) < 4.78 is 11.2. The SMILES string of the molecule is N#Cc1cnc2cc3c(cc2c1Cl)OCCCO3. The van der Waals surface area contributed by atoms with E-state index >= 15 is 0 Å². The first-order valence-electron chi connectivity index (χ1n) is 5.57. The van der Waals surface area contributed by atoms with Crippen LogP contribution >= 0.6 is 11.6 Å². The molecule has 0 unspecified atom stereocenters. The molecule has 0 saturated carbocycles. The maximum atomic E-state index is 8.93. The number of rotatable bonds is 0. The van der Waals surface area contributed by atoms with E-state index in [1.54, 1.807) is 12.1 Å². The van der Waals surface area contributed by atoms with Gasteiger partial charge in [0.05, 0.1) is 29.3 Å². The highest BCUT2D eigenvalue weighted by Crippen LogP contribution is 2.36. The van der Waals surface area contributed by atoms with E-state index < -0.39 is 0 Å². The second-order valence-electron chi connectivity index (χ2n) is 3.96. The van der Waals surface area contributed by atoms with E-state index in [1.807, 2.05) is 6.07 Å². The molecule has 0 bridgehead atoms. The standard InChI is InChI=1S/C13H9ClN2O2/c14-13-8(6-15)7-16-10-5-12-11(4-9(10)13)17-2-1-3-18-12/h4-5,7H,1-3H2. The van der Waals surface area contributed by atoms with E-state index in [0.717, 1.165) is 6.42 Å². The molecule has 2 heterocycles. The predicted octanol–water partition coefficient (Wildman–Crippen LogP) is 2.92. The summed E-state index contributed by atoms with van der Waals surface area (Å²) in [7, 11) is 0. The first-order valence-corrected chi connectivity index (χ1v) is 5.95. The molecule has 1 aliphatic heterocycles. The Hall–Kier alpha value is -1.99. The number of nitrogens with zero attached hydrogens (tertiary/aromatic N) is 2. The van der Waals surface area contributed by atoms with Crippen molar-refractivity contribution < 1.29 is 9.47 Å². The van der Waals surface area contributed by atoms with Crippen molar-refractivity contribution in [1.82, 2.24) is 4.98 Å². The molecule has 3 rings (SSSR count). The van der Waals surface area contributed by atoms with Crippen molar-refractivity contribution in [3.63, 3.8) is 0 Å². The second-order valence-corrected chi connectivity index (χ2v) is 4.34. The Labute approximate surface area is 109 Å². The molecule has 1 aromatic heterocycles. The van der Waals surface area contributed by atoms with Gasteiger partial charge in [-0.05, 0) is 6.07 Å². The van der Waals surface area contributed by atoms with Gasteiger partial charge in [-0.1, -0.05) is 11.6 Å². The summed E-state index contributed by atoms with van der Waals surface area (Å²) >= 11 is 6.17. The van der Waals surface area contributed by atoms with Crippen LogP contribution in [0.5, 0.6) is 11.5 Å². The van der Waals surface area contributed by atoms with Crippen molar-refractivity contribution in [2.75, 3.05) is 13.2 Å². The van der Waals surface area contributed by atoms with Gasteiger partial charge in [0.25, 0.3) is 0 Å². The molecule has 0 N–H and O–H groups in total. The number of hydrogen-bond acceptors (Lipinski definition) is 4. The molecule has 0 radical (unpaired) electrons. The molecule has 1 aromatic carbocycles. The van der Waals surface area contributed by atoms with Gasteiger partial charge in [0, 0.05) is 24.1 Å². The van der Waals surface area contributed by atoms with Crippen LogP contribution in [0.3, 0.4) is 0 Å². The number of ether oxygens (including phenoxy) is 2. The largest absolute Gasteiger partial charge is 0.490 e. The molecule has 5 heteroatoms. The Balaban J connectivity index is 2.26. The van der Waals surface area contributed by atoms with Crippen LogP contribution in [0.25, 0.3) is 10.9 Å². The molecule has 2 aromatic rings. The van der Waals surface area contributed by atoms with Crippen LogP contribution in [-0.4, -0.2) is 18.2 Å². The third-order valence-electron chi connectivity index (χ3n) is 2.79. The molecule has 90 valence electrons. The number of halogens is 1. The van der Waals surface area contributed by atoms with Crippen molar-refractivity contribution in [3.05, 3.63) is 28.9 Å². The number of benzene rings is 1. The Bertz CT molecular complexity index is 664. The number of aromatic nitrogens is 1. The summed E-state index contributed by atoms with van der Waals surface area (Å²) in [6.07, 6.45) is 2.31. The van der Waals surface area contributed by atoms with Crippen LogP contribution in [0, 0.1) is 11.3 Å². The molecular formula is C13H9ClN2O2. The van der Waals surface area contributed by atoms with E-state index in [9.17, 15) is 0 Å². The minimum Gasteiger partial charge on any atom is -0.490 e. The summed E-state index contributed by atoms with van der Waals surface area (Å²) in [5.41, 5.74) is 1.06. The average Bonchev–Trinajstić information content (AvgIpc) is 2.62. The van der Waals surface area contributed by atoms with Crippen molar-refractivity contribution in [2.24, 2.45) is 0 Å². The molecule has 18 heavy (non-hydrogen) atoms. The summed E-state index contributed by atoms with van der Waals surface area (Å²) in [6, 6.07) is 5.59. The van der Waals surface area contributed by atoms with Crippen LogP contribution in [0.2, 0.25) is 5.02 Å². The summed E-state index contributed by atoms with van der Waals surface area (Å²) in [4.78, 5) is 4.21. The highest BCUT2D eigenvalue weighted by Gasteiger charge is 2.15. The van der Waals surface area contributed by atoms with Crippen LogP contribution in [0.15, 0.2) is 18.3 Å². The Morgan fingerprint density at radius 1 is 1.22 bits per heavy atom. The number of hydrogen-bond donors (Lipinski definition) is 0. The molecule has 0 amide bonds. The lowest BCUT2D eigenvalue weighted by Gasteiger charge is -2.09. The Morgan fingerprint density at radius 3 is 2.67 bits per heavy atom. The van der Waals surface area contributed by atoms with Gasteiger partial charge in [0.2, 0.25) is 0 Å². The minimum absolute atomic E-state index is 0.360. The van der Waals surface area contributed by atoms with Crippen LogP contribution in [0.4, 0.5) is 0 Å². The van der Waals surface area contributed by atoms with Gasteiger partial charge in [0.1, 0.15) is 6.07 Å². The predicted molar refractivity (Wildman–Crippen MR) is 67.1 cm³/mol. The van der Waals surface area contributed by atoms with Crippen LogP contribution in [-0.2, 0) is 0 Å². The quantitative estimate of drug-likeness (QED) is 0.731. The fraction of sp³-hybridized carbons (Fsp3) is 0.231. The van der Waals surface area contributed by atoms with Crippen molar-refractivity contribution >= 4 is 22.5 Å². The van der Waals surface area contributed by atoms with E-state index in [2.05, 4.69) is 4.98 Å². The molecular weight excluding hydrogens is 252 g/mol. The Morgan fingerprint density at radius 2 is 1.94 bits per heavy atom. The van der Waals surface area contributed by atoms with E-state index in [4.69, 9.17) is 26.3 Å². The van der Waals surface area contributed by atoms with Gasteiger partial charge in [-0.2, -0.15) is 5.26 Å². The minimum atomic E-state index is 0.360. The number of nitriles is 1. The molecule has 1 aliphatic rings. The second kappa shape index (κ2) is 4.35. The summed E-state index contributed by atoms with van der Waals surface area (Å²) in [6.45, 7) is 1.24. The van der Waals surface area contributed by atoms with Crippen molar-refractivity contribution in [1.29, 1.82) is 5.26 Å². The maximum Gasteiger partial charge on any atom is 0.163 e. The van der Waals surface area contributed by atoms with Gasteiger partial charge < -0.3 is 9.47 Å². The molecule has 0 saturated heterocycles. The fourth-order valence-electron chi connectivity index (χ4n) is 1.89. The van der Waals surface area contributed by atoms with Gasteiger partial charge in [-0.25, -0.2) is 0 Å². The summed E-state index contributed by atoms with van der Waals surface area (Å²) in [5.74, 6) is 1.33. The number of pyridine rings is 1. The van der Waals surface area contributed by atoms with Crippen molar-refractivity contribution in [3.8, 4) is 17.6 Å². The molecule has 0 fully saturated rings. The monoisotopic (exact) mass is 260 g/mol. The zero-order chi connectivity index (χ0) is 12.5. The topological polar surface area (TPSA) is 55.1 Å². The highest BCUT2D eigenvalue weighted by molar-refractivity contribution is 6.36. The molecule has 0 atom stereocenters. The summed E-state index contributed by atoms with van der Waals surface area (Å²) in [5, 5.41) is 10.0. The fourth-order valence-corrected chi connectivity index (χ4v) is 2.14. The van der Waals surface area contributed by atoms with E-state index in [-0.39, 0.29) is 0 Å². The zero-order valence-electron chi connectivity index (χ0n) is 9.44.